The van der Waals surface area contributed by atoms with Crippen molar-refractivity contribution < 1.29 is 13.9 Å². The number of benzene rings is 2. The Balaban J connectivity index is 1.81. The molecule has 3 rings (SSSR count). The minimum absolute atomic E-state index is 0.140. The number of furan rings is 1. The van der Waals surface area contributed by atoms with Gasteiger partial charge in [0, 0.05) is 21.7 Å². The van der Waals surface area contributed by atoms with Crippen LogP contribution < -0.4 is 15.8 Å². The summed E-state index contributed by atoms with van der Waals surface area (Å²) in [5.41, 5.74) is 7.44. The lowest BCUT2D eigenvalue weighted by Gasteiger charge is -2.08. The third-order valence-electron chi connectivity index (χ3n) is 3.48. The van der Waals surface area contributed by atoms with Gasteiger partial charge in [-0.3, -0.25) is 4.79 Å². The van der Waals surface area contributed by atoms with Crippen molar-refractivity contribution in [1.29, 1.82) is 0 Å². The number of carbonyl (C=O) groups is 1. The lowest BCUT2D eigenvalue weighted by Crippen LogP contribution is -2.12. The fraction of sp³-hybridized carbons (Fsp3) is 0.0556. The fourth-order valence-corrected chi connectivity index (χ4v) is 2.80. The number of ether oxygens (including phenoxy) is 1. The molecule has 7 heteroatoms. The smallest absolute Gasteiger partial charge is 0.291 e. The third-order valence-corrected chi connectivity index (χ3v) is 3.92. The molecule has 1 heterocycles. The van der Waals surface area contributed by atoms with E-state index in [1.807, 2.05) is 0 Å². The molecule has 1 aromatic heterocycles. The van der Waals surface area contributed by atoms with E-state index in [0.717, 1.165) is 0 Å². The van der Waals surface area contributed by atoms with Crippen molar-refractivity contribution in [1.82, 2.24) is 0 Å². The highest BCUT2D eigenvalue weighted by Crippen LogP contribution is 2.29. The zero-order valence-electron chi connectivity index (χ0n) is 13.2. The summed E-state index contributed by atoms with van der Waals surface area (Å²) in [5.74, 6) is 0.809. The molecule has 0 radical (unpaired) electrons. The molecule has 128 valence electrons. The number of hydrogen-bond donors (Lipinski definition) is 2. The lowest BCUT2D eigenvalue weighted by molar-refractivity contribution is 0.0997. The molecule has 3 N–H and O–H groups in total. The largest absolute Gasteiger partial charge is 0.497 e. The molecule has 0 aliphatic heterocycles. The molecule has 0 saturated heterocycles. The summed E-state index contributed by atoms with van der Waals surface area (Å²) in [6, 6.07) is 13.3. The summed E-state index contributed by atoms with van der Waals surface area (Å²) in [5, 5.41) is 3.66. The fourth-order valence-electron chi connectivity index (χ4n) is 2.28. The molecular weight excluding hydrogens is 363 g/mol. The zero-order chi connectivity index (χ0) is 18.0. The number of hydrogen-bond acceptors (Lipinski definition) is 4. The van der Waals surface area contributed by atoms with E-state index in [1.54, 1.807) is 55.6 Å². The zero-order valence-corrected chi connectivity index (χ0v) is 14.7. The normalized spacial score (nSPS) is 10.5. The van der Waals surface area contributed by atoms with Gasteiger partial charge in [0.1, 0.15) is 11.5 Å². The van der Waals surface area contributed by atoms with Crippen LogP contribution in [0.1, 0.15) is 10.6 Å². The van der Waals surface area contributed by atoms with E-state index in [1.165, 1.54) is 0 Å². The van der Waals surface area contributed by atoms with Crippen LogP contribution in [0.3, 0.4) is 0 Å². The van der Waals surface area contributed by atoms with Gasteiger partial charge in [0.15, 0.2) is 5.76 Å². The van der Waals surface area contributed by atoms with Crippen LogP contribution in [0, 0.1) is 0 Å². The van der Waals surface area contributed by atoms with Crippen molar-refractivity contribution in [3.8, 4) is 17.1 Å². The molecule has 0 spiro atoms. The molecule has 1 amide bonds. The van der Waals surface area contributed by atoms with Crippen molar-refractivity contribution in [2.24, 2.45) is 0 Å². The van der Waals surface area contributed by atoms with Gasteiger partial charge in [-0.25, -0.2) is 0 Å². The van der Waals surface area contributed by atoms with Gasteiger partial charge in [-0.05, 0) is 42.5 Å². The van der Waals surface area contributed by atoms with Crippen LogP contribution in [0.2, 0.25) is 10.0 Å². The highest BCUT2D eigenvalue weighted by Gasteiger charge is 2.14. The Morgan fingerprint density at radius 2 is 1.80 bits per heavy atom. The predicted molar refractivity (Wildman–Crippen MR) is 99.5 cm³/mol. The predicted octanol–water partition coefficient (Wildman–Crippen LogP) is 5.10. The van der Waals surface area contributed by atoms with Gasteiger partial charge in [-0.1, -0.05) is 23.2 Å². The topological polar surface area (TPSA) is 77.5 Å². The van der Waals surface area contributed by atoms with Crippen molar-refractivity contribution in [2.45, 2.75) is 0 Å². The van der Waals surface area contributed by atoms with E-state index in [-0.39, 0.29) is 5.76 Å². The third kappa shape index (κ3) is 3.90. The maximum absolute atomic E-state index is 12.4. The Hall–Kier alpha value is -2.63. The summed E-state index contributed by atoms with van der Waals surface area (Å²) < 4.78 is 10.7. The molecular formula is C18H14Cl2N2O3. The van der Waals surface area contributed by atoms with Crippen LogP contribution in [-0.2, 0) is 0 Å². The minimum atomic E-state index is -0.420. The molecule has 0 bridgehead atoms. The van der Waals surface area contributed by atoms with Crippen LogP contribution in [0.4, 0.5) is 11.4 Å². The average molecular weight is 377 g/mol. The number of methoxy groups -OCH3 is 1. The average Bonchev–Trinajstić information content (AvgIpc) is 3.06. The van der Waals surface area contributed by atoms with Crippen molar-refractivity contribution in [3.05, 3.63) is 64.3 Å². The number of nitrogens with one attached hydrogen (secondary N) is 1. The van der Waals surface area contributed by atoms with Gasteiger partial charge < -0.3 is 20.2 Å². The number of amides is 1. The SMILES string of the molecule is COc1ccc(NC(=O)c2ccc(-c3cc(Cl)cc(Cl)c3)o2)c(N)c1. The molecule has 0 fully saturated rings. The van der Waals surface area contributed by atoms with Gasteiger partial charge in [0.2, 0.25) is 0 Å². The molecule has 2 aromatic carbocycles. The summed E-state index contributed by atoms with van der Waals surface area (Å²) in [4.78, 5) is 12.4. The lowest BCUT2D eigenvalue weighted by atomic mass is 10.2. The van der Waals surface area contributed by atoms with Gasteiger partial charge in [0.25, 0.3) is 5.91 Å². The Morgan fingerprint density at radius 3 is 2.44 bits per heavy atom. The molecule has 0 atom stereocenters. The Bertz CT molecular complexity index is 918. The summed E-state index contributed by atoms with van der Waals surface area (Å²) in [6.45, 7) is 0. The summed E-state index contributed by atoms with van der Waals surface area (Å²) in [6.07, 6.45) is 0. The Kier molecular flexibility index (Phi) is 4.88. The van der Waals surface area contributed by atoms with E-state index in [4.69, 9.17) is 38.1 Å². The van der Waals surface area contributed by atoms with E-state index in [2.05, 4.69) is 5.32 Å². The standard InChI is InChI=1S/C18H14Cl2N2O3/c1-24-13-2-3-15(14(21)9-13)22-18(23)17-5-4-16(25-17)10-6-11(19)8-12(20)7-10/h2-9H,21H2,1H3,(H,22,23). The first-order valence-electron chi connectivity index (χ1n) is 7.27. The van der Waals surface area contributed by atoms with Gasteiger partial charge >= 0.3 is 0 Å². The van der Waals surface area contributed by atoms with E-state index in [9.17, 15) is 4.79 Å². The molecule has 5 nitrogen and oxygen atoms in total. The molecule has 0 aliphatic rings. The molecule has 0 aliphatic carbocycles. The Morgan fingerprint density at radius 1 is 1.08 bits per heavy atom. The monoisotopic (exact) mass is 376 g/mol. The number of nitrogen functional groups attached to an aromatic ring is 1. The highest BCUT2D eigenvalue weighted by molar-refractivity contribution is 6.35. The second-order valence-corrected chi connectivity index (χ2v) is 6.10. The van der Waals surface area contributed by atoms with Crippen LogP contribution in [0.5, 0.6) is 5.75 Å². The quantitative estimate of drug-likeness (QED) is 0.621. The number of rotatable bonds is 4. The van der Waals surface area contributed by atoms with E-state index in [0.29, 0.717) is 38.5 Å². The van der Waals surface area contributed by atoms with Crippen LogP contribution in [0.15, 0.2) is 52.9 Å². The molecule has 3 aromatic rings. The first kappa shape index (κ1) is 17.2. The Labute approximate surface area is 154 Å². The summed E-state index contributed by atoms with van der Waals surface area (Å²) in [7, 11) is 1.54. The molecule has 0 saturated carbocycles. The summed E-state index contributed by atoms with van der Waals surface area (Å²) >= 11 is 12.0. The second kappa shape index (κ2) is 7.09. The highest BCUT2D eigenvalue weighted by atomic mass is 35.5. The molecule has 25 heavy (non-hydrogen) atoms. The maximum atomic E-state index is 12.4. The first-order chi connectivity index (χ1) is 12.0. The van der Waals surface area contributed by atoms with Gasteiger partial charge in [-0.15, -0.1) is 0 Å². The van der Waals surface area contributed by atoms with Crippen molar-refractivity contribution in [3.63, 3.8) is 0 Å². The number of halogens is 2. The number of nitrogens with two attached hydrogens (primary N) is 1. The maximum Gasteiger partial charge on any atom is 0.291 e. The van der Waals surface area contributed by atoms with Gasteiger partial charge in [-0.2, -0.15) is 0 Å². The van der Waals surface area contributed by atoms with Crippen LogP contribution in [0.25, 0.3) is 11.3 Å². The van der Waals surface area contributed by atoms with Crippen molar-refractivity contribution in [2.75, 3.05) is 18.2 Å². The number of carbonyl (C=O) groups excluding carboxylic acids is 1. The number of anilines is 2. The van der Waals surface area contributed by atoms with Gasteiger partial charge in [0.05, 0.1) is 18.5 Å². The van der Waals surface area contributed by atoms with Crippen molar-refractivity contribution >= 4 is 40.5 Å². The van der Waals surface area contributed by atoms with E-state index >= 15 is 0 Å². The van der Waals surface area contributed by atoms with E-state index < -0.39 is 5.91 Å². The first-order valence-corrected chi connectivity index (χ1v) is 8.03. The molecule has 0 unspecified atom stereocenters. The van der Waals surface area contributed by atoms with Crippen LogP contribution >= 0.6 is 23.2 Å². The minimum Gasteiger partial charge on any atom is -0.497 e. The van der Waals surface area contributed by atoms with Crippen LogP contribution in [-0.4, -0.2) is 13.0 Å². The second-order valence-electron chi connectivity index (χ2n) is 5.23.